The molecule has 2 aromatic heterocycles. The number of ketones is 1. The van der Waals surface area contributed by atoms with Crippen LogP contribution >= 0.6 is 0 Å². The van der Waals surface area contributed by atoms with Crippen LogP contribution in [0.15, 0.2) is 60.3 Å². The quantitative estimate of drug-likeness (QED) is 0.284. The largest absolute Gasteiger partial charge is 0.457 e. The molecular weight excluding hydrogens is 559 g/mol. The number of hydrogen-bond donors (Lipinski definition) is 3. The van der Waals surface area contributed by atoms with E-state index < -0.39 is 17.1 Å². The second kappa shape index (κ2) is 9.59. The maximum atomic E-state index is 13.7. The zero-order chi connectivity index (χ0) is 30.4. The molecule has 3 N–H and O–H groups in total. The summed E-state index contributed by atoms with van der Waals surface area (Å²) in [5, 5.41) is 28.7. The van der Waals surface area contributed by atoms with Crippen molar-refractivity contribution >= 4 is 22.9 Å². The van der Waals surface area contributed by atoms with Gasteiger partial charge in [0.05, 0.1) is 34.7 Å². The lowest BCUT2D eigenvalue weighted by atomic mass is 9.45. The van der Waals surface area contributed by atoms with Gasteiger partial charge in [0.25, 0.3) is 6.01 Å². The SMILES string of the molecule is CC12Cc3cnn(-c4ccc(F)cc4)c3C=C1CCC1C2C(O)CC2(C)C1CCC2(O)C(=O)COc1nc2ccccc2[nH]1. The molecule has 4 aromatic rings. The van der Waals surface area contributed by atoms with Crippen LogP contribution in [0.4, 0.5) is 4.39 Å². The molecule has 4 aliphatic rings. The standard InChI is InChI=1S/C35H37FN4O4/c1-33-16-20-18-37-40(23-10-8-22(36)9-11-23)28(20)15-21(33)7-12-24-25-13-14-35(43,34(25,2)17-29(41)31(24)33)30(42)19-44-32-38-26-5-3-4-6-27(26)39-32/h3-6,8-11,15,18,24-25,29,31,41,43H,7,12-14,16-17,19H2,1-2H3,(H,38,39). The van der Waals surface area contributed by atoms with Gasteiger partial charge >= 0.3 is 0 Å². The lowest BCUT2D eigenvalue weighted by molar-refractivity contribution is -0.180. The van der Waals surface area contributed by atoms with Crippen molar-refractivity contribution in [2.45, 2.75) is 64.1 Å². The predicted octanol–water partition coefficient (Wildman–Crippen LogP) is 5.42. The highest BCUT2D eigenvalue weighted by Gasteiger charge is 2.68. The number of aliphatic hydroxyl groups is 2. The number of H-pyrrole nitrogens is 1. The Morgan fingerprint density at radius 3 is 2.75 bits per heavy atom. The Morgan fingerprint density at radius 1 is 1.16 bits per heavy atom. The molecule has 0 saturated heterocycles. The summed E-state index contributed by atoms with van der Waals surface area (Å²) >= 11 is 0. The van der Waals surface area contributed by atoms with Crippen LogP contribution in [-0.2, 0) is 11.2 Å². The highest BCUT2D eigenvalue weighted by atomic mass is 19.1. The first-order valence-electron chi connectivity index (χ1n) is 15.7. The molecule has 2 aromatic carbocycles. The molecule has 0 radical (unpaired) electrons. The average Bonchev–Trinajstić information content (AvgIpc) is 3.68. The number of nitrogens with one attached hydrogen (secondary N) is 1. The van der Waals surface area contributed by atoms with E-state index in [1.807, 2.05) is 42.1 Å². The third kappa shape index (κ3) is 3.84. The van der Waals surface area contributed by atoms with Gasteiger partial charge in [-0.15, -0.1) is 0 Å². The first-order chi connectivity index (χ1) is 21.1. The Balaban J connectivity index is 1.05. The van der Waals surface area contributed by atoms with Crippen molar-refractivity contribution in [3.8, 4) is 11.7 Å². The van der Waals surface area contributed by atoms with Crippen molar-refractivity contribution < 1.29 is 24.1 Å². The zero-order valence-corrected chi connectivity index (χ0v) is 25.0. The second-order valence-electron chi connectivity index (χ2n) is 13.9. The van der Waals surface area contributed by atoms with E-state index in [9.17, 15) is 19.4 Å². The fourth-order valence-electron chi connectivity index (χ4n) is 9.69. The molecule has 7 unspecified atom stereocenters. The Hall–Kier alpha value is -3.82. The van der Waals surface area contributed by atoms with Crippen LogP contribution in [0.5, 0.6) is 6.01 Å². The molecule has 9 heteroatoms. The molecule has 0 aliphatic heterocycles. The van der Waals surface area contributed by atoms with E-state index in [0.717, 1.165) is 53.7 Å². The number of para-hydroxylation sites is 2. The van der Waals surface area contributed by atoms with Gasteiger partial charge in [-0.25, -0.2) is 9.07 Å². The topological polar surface area (TPSA) is 113 Å². The first-order valence-corrected chi connectivity index (χ1v) is 15.7. The van der Waals surface area contributed by atoms with Crippen LogP contribution in [0.2, 0.25) is 0 Å². The predicted molar refractivity (Wildman–Crippen MR) is 163 cm³/mol. The number of imidazole rings is 1. The van der Waals surface area contributed by atoms with Crippen molar-refractivity contribution in [1.29, 1.82) is 0 Å². The molecule has 44 heavy (non-hydrogen) atoms. The number of fused-ring (bicyclic) bond motifs is 7. The first kappa shape index (κ1) is 27.7. The van der Waals surface area contributed by atoms with Gasteiger partial charge in [0.1, 0.15) is 11.4 Å². The van der Waals surface area contributed by atoms with Crippen LogP contribution < -0.4 is 4.74 Å². The molecule has 0 amide bonds. The minimum Gasteiger partial charge on any atom is -0.457 e. The van der Waals surface area contributed by atoms with Gasteiger partial charge in [-0.05, 0) is 110 Å². The third-order valence-electron chi connectivity index (χ3n) is 11.8. The summed E-state index contributed by atoms with van der Waals surface area (Å²) in [6, 6.07) is 14.2. The summed E-state index contributed by atoms with van der Waals surface area (Å²) in [7, 11) is 0. The summed E-state index contributed by atoms with van der Waals surface area (Å²) in [5.74, 6) is -0.342. The number of carbonyl (C=O) groups excluding carboxylic acids is 1. The van der Waals surface area contributed by atoms with Gasteiger partial charge < -0.3 is 19.9 Å². The summed E-state index contributed by atoms with van der Waals surface area (Å²) in [6.45, 7) is 3.99. The van der Waals surface area contributed by atoms with Crippen LogP contribution in [-0.4, -0.2) is 54.1 Å². The summed E-state index contributed by atoms with van der Waals surface area (Å²) in [6.07, 6.45) is 7.45. The van der Waals surface area contributed by atoms with E-state index in [1.54, 1.807) is 12.1 Å². The fourth-order valence-corrected chi connectivity index (χ4v) is 9.69. The molecular formula is C35H37FN4O4. The van der Waals surface area contributed by atoms with E-state index in [-0.39, 0.29) is 47.4 Å². The van der Waals surface area contributed by atoms with E-state index >= 15 is 0 Å². The number of aromatic amines is 1. The molecule has 8 nitrogen and oxygen atoms in total. The van der Waals surface area contributed by atoms with Gasteiger partial charge in [-0.3, -0.25) is 4.79 Å². The molecule has 8 rings (SSSR count). The fraction of sp³-hybridized carbons (Fsp3) is 0.457. The molecule has 0 spiro atoms. The summed E-state index contributed by atoms with van der Waals surface area (Å²) in [4.78, 5) is 21.2. The summed E-state index contributed by atoms with van der Waals surface area (Å²) in [5.41, 5.74) is 3.22. The average molecular weight is 597 g/mol. The number of Topliss-reactive ketones (excluding diaryl/α,β-unsaturated/α-hetero) is 1. The van der Waals surface area contributed by atoms with Gasteiger partial charge in [0.15, 0.2) is 6.61 Å². The van der Waals surface area contributed by atoms with E-state index in [2.05, 4.69) is 28.1 Å². The normalized spacial score (nSPS) is 34.1. The highest BCUT2D eigenvalue weighted by molar-refractivity contribution is 5.90. The number of benzene rings is 2. The number of carbonyl (C=O) groups is 1. The van der Waals surface area contributed by atoms with Gasteiger partial charge in [0.2, 0.25) is 5.78 Å². The Bertz CT molecular complexity index is 1780. The van der Waals surface area contributed by atoms with Crippen LogP contribution in [0, 0.1) is 34.4 Å². The highest BCUT2D eigenvalue weighted by Crippen LogP contribution is 2.67. The molecule has 0 bridgehead atoms. The third-order valence-corrected chi connectivity index (χ3v) is 11.8. The summed E-state index contributed by atoms with van der Waals surface area (Å²) < 4.78 is 21.2. The van der Waals surface area contributed by atoms with Crippen molar-refractivity contribution in [3.63, 3.8) is 0 Å². The molecule has 228 valence electrons. The number of halogens is 1. The number of allylic oxidation sites excluding steroid dienone is 1. The lowest BCUT2D eigenvalue weighted by Gasteiger charge is -2.60. The number of aromatic nitrogens is 4. The van der Waals surface area contributed by atoms with E-state index in [0.29, 0.717) is 12.8 Å². The molecule has 4 aliphatic carbocycles. The van der Waals surface area contributed by atoms with Crippen molar-refractivity contribution in [3.05, 3.63) is 77.4 Å². The van der Waals surface area contributed by atoms with Gasteiger partial charge in [-0.1, -0.05) is 31.6 Å². The van der Waals surface area contributed by atoms with Crippen LogP contribution in [0.3, 0.4) is 0 Å². The Kier molecular flexibility index (Phi) is 6.04. The van der Waals surface area contributed by atoms with Gasteiger partial charge in [0, 0.05) is 5.41 Å². The smallest absolute Gasteiger partial charge is 0.295 e. The molecule has 7 atom stereocenters. The minimum absolute atomic E-state index is 0.00662. The lowest BCUT2D eigenvalue weighted by Crippen LogP contribution is -2.62. The van der Waals surface area contributed by atoms with E-state index in [1.165, 1.54) is 17.7 Å². The Morgan fingerprint density at radius 2 is 1.95 bits per heavy atom. The number of aliphatic hydroxyl groups excluding tert-OH is 1. The van der Waals surface area contributed by atoms with Crippen LogP contribution in [0.1, 0.15) is 57.2 Å². The van der Waals surface area contributed by atoms with Crippen molar-refractivity contribution in [1.82, 2.24) is 19.7 Å². The number of rotatable bonds is 5. The number of hydrogen-bond acceptors (Lipinski definition) is 6. The molecule has 3 saturated carbocycles. The molecule has 3 fully saturated rings. The maximum absolute atomic E-state index is 13.7. The van der Waals surface area contributed by atoms with Crippen molar-refractivity contribution in [2.75, 3.05) is 6.61 Å². The van der Waals surface area contributed by atoms with Crippen molar-refractivity contribution in [2.24, 2.45) is 28.6 Å². The Labute approximate surface area is 255 Å². The number of nitrogens with zero attached hydrogens (tertiary/aromatic N) is 3. The van der Waals surface area contributed by atoms with E-state index in [4.69, 9.17) is 4.74 Å². The minimum atomic E-state index is -1.58. The van der Waals surface area contributed by atoms with Gasteiger partial charge in [-0.2, -0.15) is 10.1 Å². The van der Waals surface area contributed by atoms with Crippen LogP contribution in [0.25, 0.3) is 22.8 Å². The monoisotopic (exact) mass is 596 g/mol. The maximum Gasteiger partial charge on any atom is 0.295 e. The number of ether oxygens (including phenoxy) is 1. The zero-order valence-electron chi connectivity index (χ0n) is 25.0. The second-order valence-corrected chi connectivity index (χ2v) is 13.9. The molecule has 2 heterocycles.